The minimum atomic E-state index is -0.191. The molecule has 4 heterocycles. The summed E-state index contributed by atoms with van der Waals surface area (Å²) in [5.41, 5.74) is 2.35. The summed E-state index contributed by atoms with van der Waals surface area (Å²) >= 11 is 0. The molecular weight excluding hydrogens is 420 g/mol. The van der Waals surface area contributed by atoms with Crippen molar-refractivity contribution in [1.29, 1.82) is 0 Å². The second kappa shape index (κ2) is 7.63. The summed E-state index contributed by atoms with van der Waals surface area (Å²) < 4.78 is 7.33. The zero-order chi connectivity index (χ0) is 22.5. The van der Waals surface area contributed by atoms with Gasteiger partial charge in [0.2, 0.25) is 17.3 Å². The first-order chi connectivity index (χ1) is 16.1. The number of hydrogen-bond acceptors (Lipinski definition) is 7. The lowest BCUT2D eigenvalue weighted by Crippen LogP contribution is -2.49. The van der Waals surface area contributed by atoms with E-state index in [0.717, 1.165) is 49.5 Å². The Kier molecular flexibility index (Phi) is 4.58. The van der Waals surface area contributed by atoms with Crippen LogP contribution in [-0.2, 0) is 13.6 Å². The van der Waals surface area contributed by atoms with E-state index in [-0.39, 0.29) is 17.3 Å². The fourth-order valence-corrected chi connectivity index (χ4v) is 4.83. The van der Waals surface area contributed by atoms with Gasteiger partial charge < -0.3 is 9.32 Å². The Labute approximate surface area is 189 Å². The molecule has 0 amide bonds. The average Bonchev–Trinajstić information content (AvgIpc) is 3.46. The summed E-state index contributed by atoms with van der Waals surface area (Å²) in [5, 5.41) is 5.42. The van der Waals surface area contributed by atoms with Crippen molar-refractivity contribution in [2.45, 2.75) is 6.54 Å². The Balaban J connectivity index is 1.17. The Morgan fingerprint density at radius 3 is 2.52 bits per heavy atom. The maximum atomic E-state index is 13.2. The van der Waals surface area contributed by atoms with Crippen molar-refractivity contribution in [2.75, 3.05) is 37.6 Å². The second-order valence-electron chi connectivity index (χ2n) is 8.41. The van der Waals surface area contributed by atoms with E-state index in [1.807, 2.05) is 16.8 Å². The molecule has 3 aromatic heterocycles. The molecule has 0 spiro atoms. The molecule has 4 aromatic rings. The molecule has 0 saturated carbocycles. The number of nitrogens with zero attached hydrogens (tertiary/aromatic N) is 6. The van der Waals surface area contributed by atoms with Gasteiger partial charge in [-0.15, -0.1) is 4.68 Å². The van der Waals surface area contributed by atoms with E-state index in [4.69, 9.17) is 4.42 Å². The monoisotopic (exact) mass is 443 g/mol. The van der Waals surface area contributed by atoms with Crippen molar-refractivity contribution < 1.29 is 18.8 Å². The Morgan fingerprint density at radius 1 is 0.970 bits per heavy atom. The SMILES string of the molecule is C[n+]1nc2c(n1CCN1CCN(c3nccc4occc34)CC1)C(=O)c1ccccc1C2=O. The molecule has 1 aromatic carbocycles. The summed E-state index contributed by atoms with van der Waals surface area (Å²) in [7, 11) is 1.78. The van der Waals surface area contributed by atoms with Crippen LogP contribution < -0.4 is 9.70 Å². The topological polar surface area (TPSA) is 88.3 Å². The van der Waals surface area contributed by atoms with Crippen LogP contribution in [0.1, 0.15) is 32.1 Å². The fourth-order valence-electron chi connectivity index (χ4n) is 4.83. The molecule has 0 bridgehead atoms. The number of aromatic nitrogens is 4. The zero-order valence-electron chi connectivity index (χ0n) is 18.3. The first-order valence-electron chi connectivity index (χ1n) is 11.1. The molecule has 1 aliphatic carbocycles. The standard InChI is InChI=1S/C24H23N6O3/c1-27-26-20-21(23(32)17-5-3-2-4-16(17)22(20)31)30(27)14-11-28-9-12-29(13-10-28)24-18-7-15-33-19(18)6-8-25-24/h2-8,15H,9-14H2,1H3/q+1. The number of rotatable bonds is 4. The van der Waals surface area contributed by atoms with Crippen LogP contribution in [0, 0.1) is 0 Å². The normalized spacial score (nSPS) is 16.3. The van der Waals surface area contributed by atoms with Crippen molar-refractivity contribution in [3.05, 3.63) is 71.4 Å². The van der Waals surface area contributed by atoms with E-state index in [1.54, 1.807) is 48.6 Å². The van der Waals surface area contributed by atoms with E-state index in [1.165, 1.54) is 0 Å². The van der Waals surface area contributed by atoms with Crippen LogP contribution in [0.2, 0.25) is 0 Å². The number of carbonyl (C=O) groups is 2. The number of pyridine rings is 1. The number of ketones is 2. The molecule has 33 heavy (non-hydrogen) atoms. The molecule has 0 atom stereocenters. The average molecular weight is 443 g/mol. The third-order valence-electron chi connectivity index (χ3n) is 6.58. The van der Waals surface area contributed by atoms with E-state index in [9.17, 15) is 9.59 Å². The van der Waals surface area contributed by atoms with Crippen LogP contribution >= 0.6 is 0 Å². The third kappa shape index (κ3) is 3.15. The molecule has 0 unspecified atom stereocenters. The van der Waals surface area contributed by atoms with Crippen LogP contribution in [0.5, 0.6) is 0 Å². The number of fused-ring (bicyclic) bond motifs is 3. The molecule has 0 N–H and O–H groups in total. The van der Waals surface area contributed by atoms with Crippen molar-refractivity contribution in [2.24, 2.45) is 7.05 Å². The smallest absolute Gasteiger partial charge is 0.220 e. The third-order valence-corrected chi connectivity index (χ3v) is 6.58. The van der Waals surface area contributed by atoms with Crippen molar-refractivity contribution in [3.63, 3.8) is 0 Å². The lowest BCUT2D eigenvalue weighted by molar-refractivity contribution is -0.805. The summed E-state index contributed by atoms with van der Waals surface area (Å²) in [6.07, 6.45) is 3.48. The van der Waals surface area contributed by atoms with Gasteiger partial charge in [-0.2, -0.15) is 0 Å². The summed E-state index contributed by atoms with van der Waals surface area (Å²) in [4.78, 5) is 36.9. The number of anilines is 1. The number of piperazine rings is 1. The van der Waals surface area contributed by atoms with E-state index in [2.05, 4.69) is 19.9 Å². The molecule has 1 aliphatic heterocycles. The van der Waals surface area contributed by atoms with Crippen molar-refractivity contribution in [1.82, 2.24) is 19.7 Å². The maximum absolute atomic E-state index is 13.2. The van der Waals surface area contributed by atoms with Gasteiger partial charge in [0.15, 0.2) is 12.7 Å². The lowest BCUT2D eigenvalue weighted by atomic mass is 9.90. The molecule has 0 radical (unpaired) electrons. The van der Waals surface area contributed by atoms with Crippen LogP contribution in [0.4, 0.5) is 5.82 Å². The highest BCUT2D eigenvalue weighted by Crippen LogP contribution is 2.27. The van der Waals surface area contributed by atoms with Gasteiger partial charge in [0.05, 0.1) is 18.2 Å². The fraction of sp³-hybridized carbons (Fsp3) is 0.292. The summed E-state index contributed by atoms with van der Waals surface area (Å²) in [5.74, 6) is 0.625. The Hall–Kier alpha value is -3.85. The van der Waals surface area contributed by atoms with Gasteiger partial charge in [0, 0.05) is 55.1 Å². The molecule has 9 nitrogen and oxygen atoms in total. The Bertz CT molecular complexity index is 1400. The van der Waals surface area contributed by atoms with Crippen LogP contribution in [0.15, 0.2) is 53.3 Å². The zero-order valence-corrected chi connectivity index (χ0v) is 18.3. The lowest BCUT2D eigenvalue weighted by Gasteiger charge is -2.35. The number of benzene rings is 1. The quantitative estimate of drug-likeness (QED) is 0.389. The largest absolute Gasteiger partial charge is 0.464 e. The van der Waals surface area contributed by atoms with Gasteiger partial charge in [-0.1, -0.05) is 24.3 Å². The summed E-state index contributed by atoms with van der Waals surface area (Å²) in [6, 6.07) is 10.8. The maximum Gasteiger partial charge on any atom is 0.220 e. The molecular formula is C24H23N6O3+. The van der Waals surface area contributed by atoms with Gasteiger partial charge in [-0.25, -0.2) is 4.98 Å². The molecule has 1 saturated heterocycles. The van der Waals surface area contributed by atoms with Crippen LogP contribution in [0.3, 0.4) is 0 Å². The van der Waals surface area contributed by atoms with Gasteiger partial charge in [-0.3, -0.25) is 14.5 Å². The number of carbonyl (C=O) groups excluding carboxylic acids is 2. The van der Waals surface area contributed by atoms with Gasteiger partial charge in [0.25, 0.3) is 0 Å². The summed E-state index contributed by atoms with van der Waals surface area (Å²) in [6.45, 7) is 4.82. The highest BCUT2D eigenvalue weighted by Gasteiger charge is 2.39. The van der Waals surface area contributed by atoms with E-state index in [0.29, 0.717) is 23.4 Å². The van der Waals surface area contributed by atoms with Crippen molar-refractivity contribution >= 4 is 28.4 Å². The number of furan rings is 1. The molecule has 1 fully saturated rings. The van der Waals surface area contributed by atoms with Gasteiger partial charge >= 0.3 is 0 Å². The predicted molar refractivity (Wildman–Crippen MR) is 119 cm³/mol. The van der Waals surface area contributed by atoms with Gasteiger partial charge in [-0.05, 0) is 16.9 Å². The second-order valence-corrected chi connectivity index (χ2v) is 8.41. The molecule has 166 valence electrons. The highest BCUT2D eigenvalue weighted by molar-refractivity contribution is 6.26. The minimum absolute atomic E-state index is 0.141. The van der Waals surface area contributed by atoms with Crippen molar-refractivity contribution in [3.8, 4) is 0 Å². The van der Waals surface area contributed by atoms with E-state index < -0.39 is 0 Å². The first kappa shape index (κ1) is 19.8. The molecule has 6 rings (SSSR count). The molecule has 2 aliphatic rings. The van der Waals surface area contributed by atoms with Crippen LogP contribution in [-0.4, -0.2) is 64.0 Å². The highest BCUT2D eigenvalue weighted by atomic mass is 16.3. The molecule has 9 heteroatoms. The number of hydrogen-bond donors (Lipinski definition) is 0. The van der Waals surface area contributed by atoms with Crippen LogP contribution in [0.25, 0.3) is 11.0 Å². The minimum Gasteiger partial charge on any atom is -0.464 e. The number of aryl methyl sites for hydroxylation is 1. The first-order valence-corrected chi connectivity index (χ1v) is 11.1. The predicted octanol–water partition coefficient (Wildman–Crippen LogP) is 1.45. The van der Waals surface area contributed by atoms with Gasteiger partial charge in [0.1, 0.15) is 11.4 Å². The Morgan fingerprint density at radius 2 is 1.73 bits per heavy atom. The van der Waals surface area contributed by atoms with E-state index >= 15 is 0 Å².